The Bertz CT molecular complexity index is 390. The van der Waals surface area contributed by atoms with E-state index in [-0.39, 0.29) is 5.88 Å². The minimum Gasteiger partial charge on any atom is -0.347 e. The van der Waals surface area contributed by atoms with E-state index >= 15 is 0 Å². The topological polar surface area (TPSA) is 58.2 Å². The smallest absolute Gasteiger partial charge is 0.309 e. The number of amides is 2. The van der Waals surface area contributed by atoms with E-state index < -0.39 is 11.8 Å². The normalized spacial score (nSPS) is 9.76. The molecule has 0 aliphatic heterocycles. The zero-order valence-corrected chi connectivity index (χ0v) is 10.4. The van der Waals surface area contributed by atoms with Gasteiger partial charge in [0.05, 0.1) is 0 Å². The van der Waals surface area contributed by atoms with Crippen LogP contribution in [0.25, 0.3) is 0 Å². The van der Waals surface area contributed by atoms with Gasteiger partial charge in [-0.2, -0.15) is 0 Å². The molecule has 1 aromatic carbocycles. The summed E-state index contributed by atoms with van der Waals surface area (Å²) >= 11 is 5.39. The van der Waals surface area contributed by atoms with Crippen molar-refractivity contribution in [2.24, 2.45) is 0 Å². The number of halogens is 1. The van der Waals surface area contributed by atoms with Crippen LogP contribution in [-0.4, -0.2) is 24.2 Å². The first-order chi connectivity index (χ1) is 8.13. The van der Waals surface area contributed by atoms with E-state index in [0.717, 1.165) is 11.1 Å². The molecule has 0 bridgehead atoms. The van der Waals surface area contributed by atoms with Crippen molar-refractivity contribution in [1.29, 1.82) is 0 Å². The van der Waals surface area contributed by atoms with Gasteiger partial charge in [0.25, 0.3) is 0 Å². The van der Waals surface area contributed by atoms with Crippen LogP contribution in [0.4, 0.5) is 0 Å². The molecule has 5 heteroatoms. The van der Waals surface area contributed by atoms with Gasteiger partial charge < -0.3 is 10.6 Å². The van der Waals surface area contributed by atoms with E-state index in [1.807, 2.05) is 31.2 Å². The lowest BCUT2D eigenvalue weighted by Crippen LogP contribution is -2.40. The Morgan fingerprint density at radius 3 is 2.29 bits per heavy atom. The largest absolute Gasteiger partial charge is 0.347 e. The van der Waals surface area contributed by atoms with Gasteiger partial charge in [-0.3, -0.25) is 9.59 Å². The maximum Gasteiger partial charge on any atom is 0.309 e. The zero-order valence-electron chi connectivity index (χ0n) is 9.63. The summed E-state index contributed by atoms with van der Waals surface area (Å²) in [6, 6.07) is 7.72. The van der Waals surface area contributed by atoms with Crippen LogP contribution >= 0.6 is 11.6 Å². The Kier molecular flexibility index (Phi) is 5.49. The highest BCUT2D eigenvalue weighted by Gasteiger charge is 2.11. The molecule has 0 saturated carbocycles. The van der Waals surface area contributed by atoms with Crippen molar-refractivity contribution in [3.8, 4) is 0 Å². The lowest BCUT2D eigenvalue weighted by atomic mass is 10.1. The van der Waals surface area contributed by atoms with E-state index in [2.05, 4.69) is 10.6 Å². The Labute approximate surface area is 105 Å². The number of hydrogen-bond acceptors (Lipinski definition) is 2. The lowest BCUT2D eigenvalue weighted by molar-refractivity contribution is -0.139. The summed E-state index contributed by atoms with van der Waals surface area (Å²) in [5.41, 5.74) is 2.11. The van der Waals surface area contributed by atoms with E-state index in [0.29, 0.717) is 13.1 Å². The Morgan fingerprint density at radius 1 is 1.12 bits per heavy atom. The van der Waals surface area contributed by atoms with Gasteiger partial charge in [-0.15, -0.1) is 11.6 Å². The summed E-state index contributed by atoms with van der Waals surface area (Å²) in [4.78, 5) is 22.5. The SMILES string of the molecule is Cc1ccc(CNC(=O)C(=O)NCCCl)cc1. The molecule has 4 nitrogen and oxygen atoms in total. The summed E-state index contributed by atoms with van der Waals surface area (Å²) in [5, 5.41) is 4.93. The summed E-state index contributed by atoms with van der Waals surface area (Å²) in [6.07, 6.45) is 0. The fourth-order valence-corrected chi connectivity index (χ4v) is 1.30. The van der Waals surface area contributed by atoms with Crippen LogP contribution in [0, 0.1) is 6.92 Å². The number of benzene rings is 1. The predicted molar refractivity (Wildman–Crippen MR) is 66.8 cm³/mol. The number of carbonyl (C=O) groups excluding carboxylic acids is 2. The molecule has 0 aliphatic carbocycles. The van der Waals surface area contributed by atoms with Crippen LogP contribution in [0.2, 0.25) is 0 Å². The van der Waals surface area contributed by atoms with Crippen LogP contribution < -0.4 is 10.6 Å². The molecule has 2 N–H and O–H groups in total. The molecular formula is C12H15ClN2O2. The van der Waals surface area contributed by atoms with Gasteiger partial charge in [-0.1, -0.05) is 29.8 Å². The van der Waals surface area contributed by atoms with Crippen molar-refractivity contribution in [3.05, 3.63) is 35.4 Å². The summed E-state index contributed by atoms with van der Waals surface area (Å²) in [7, 11) is 0. The highest BCUT2D eigenvalue weighted by molar-refractivity contribution is 6.35. The quantitative estimate of drug-likeness (QED) is 0.621. The maximum atomic E-state index is 11.3. The molecule has 0 aliphatic rings. The number of carbonyl (C=O) groups is 2. The van der Waals surface area contributed by atoms with Gasteiger partial charge in [-0.05, 0) is 12.5 Å². The molecule has 0 spiro atoms. The second kappa shape index (κ2) is 6.91. The standard InChI is InChI=1S/C12H15ClN2O2/c1-9-2-4-10(5-3-9)8-15-12(17)11(16)14-7-6-13/h2-5H,6-8H2,1H3,(H,14,16)(H,15,17). The number of nitrogens with one attached hydrogen (secondary N) is 2. The molecule has 0 heterocycles. The van der Waals surface area contributed by atoms with Crippen molar-refractivity contribution in [1.82, 2.24) is 10.6 Å². The average Bonchev–Trinajstić information content (AvgIpc) is 2.34. The number of hydrogen-bond donors (Lipinski definition) is 2. The van der Waals surface area contributed by atoms with Crippen LogP contribution in [0.15, 0.2) is 24.3 Å². The van der Waals surface area contributed by atoms with Gasteiger partial charge in [-0.25, -0.2) is 0 Å². The predicted octanol–water partition coefficient (Wildman–Crippen LogP) is 0.966. The van der Waals surface area contributed by atoms with Crippen molar-refractivity contribution < 1.29 is 9.59 Å². The third-order valence-electron chi connectivity index (χ3n) is 2.16. The molecule has 0 fully saturated rings. The lowest BCUT2D eigenvalue weighted by Gasteiger charge is -2.05. The molecule has 0 unspecified atom stereocenters. The minimum absolute atomic E-state index is 0.289. The van der Waals surface area contributed by atoms with Crippen LogP contribution in [0.5, 0.6) is 0 Å². The second-order valence-corrected chi connectivity index (χ2v) is 3.99. The molecule has 0 saturated heterocycles. The molecule has 0 aromatic heterocycles. The highest BCUT2D eigenvalue weighted by atomic mass is 35.5. The Morgan fingerprint density at radius 2 is 1.71 bits per heavy atom. The number of alkyl halides is 1. The van der Waals surface area contributed by atoms with E-state index in [9.17, 15) is 9.59 Å². The maximum absolute atomic E-state index is 11.3. The highest BCUT2D eigenvalue weighted by Crippen LogP contribution is 2.02. The monoisotopic (exact) mass is 254 g/mol. The third-order valence-corrected chi connectivity index (χ3v) is 2.35. The first-order valence-electron chi connectivity index (χ1n) is 5.31. The summed E-state index contributed by atoms with van der Waals surface area (Å²) in [5.74, 6) is -1.01. The molecule has 1 rings (SSSR count). The molecular weight excluding hydrogens is 240 g/mol. The van der Waals surface area contributed by atoms with Crippen molar-refractivity contribution >= 4 is 23.4 Å². The minimum atomic E-state index is -0.655. The molecule has 0 radical (unpaired) electrons. The zero-order chi connectivity index (χ0) is 12.7. The van der Waals surface area contributed by atoms with E-state index in [4.69, 9.17) is 11.6 Å². The average molecular weight is 255 g/mol. The van der Waals surface area contributed by atoms with Gasteiger partial charge in [0.15, 0.2) is 0 Å². The number of aryl methyl sites for hydroxylation is 1. The fraction of sp³-hybridized carbons (Fsp3) is 0.333. The summed E-state index contributed by atoms with van der Waals surface area (Å²) < 4.78 is 0. The first-order valence-corrected chi connectivity index (χ1v) is 5.84. The number of rotatable bonds is 4. The van der Waals surface area contributed by atoms with Crippen LogP contribution in [-0.2, 0) is 16.1 Å². The third kappa shape index (κ3) is 4.87. The van der Waals surface area contributed by atoms with Crippen molar-refractivity contribution in [2.75, 3.05) is 12.4 Å². The second-order valence-electron chi connectivity index (χ2n) is 3.61. The molecule has 1 aromatic rings. The van der Waals surface area contributed by atoms with Crippen molar-refractivity contribution in [3.63, 3.8) is 0 Å². The molecule has 17 heavy (non-hydrogen) atoms. The molecule has 2 amide bonds. The van der Waals surface area contributed by atoms with E-state index in [1.165, 1.54) is 0 Å². The molecule has 92 valence electrons. The first kappa shape index (κ1) is 13.5. The van der Waals surface area contributed by atoms with Gasteiger partial charge in [0.1, 0.15) is 0 Å². The Hall–Kier alpha value is -1.55. The van der Waals surface area contributed by atoms with Crippen LogP contribution in [0.1, 0.15) is 11.1 Å². The van der Waals surface area contributed by atoms with Crippen molar-refractivity contribution in [2.45, 2.75) is 13.5 Å². The summed E-state index contributed by atoms with van der Waals surface area (Å²) in [6.45, 7) is 2.62. The van der Waals surface area contributed by atoms with Gasteiger partial charge in [0, 0.05) is 19.0 Å². The van der Waals surface area contributed by atoms with Crippen LogP contribution in [0.3, 0.4) is 0 Å². The fourth-order valence-electron chi connectivity index (χ4n) is 1.21. The molecule has 0 atom stereocenters. The Balaban J connectivity index is 2.37. The van der Waals surface area contributed by atoms with Gasteiger partial charge in [0.2, 0.25) is 0 Å². The van der Waals surface area contributed by atoms with Gasteiger partial charge >= 0.3 is 11.8 Å². The van der Waals surface area contributed by atoms with E-state index in [1.54, 1.807) is 0 Å².